The van der Waals surface area contributed by atoms with E-state index in [9.17, 15) is 14.4 Å². The number of piperidine rings is 1. The van der Waals surface area contributed by atoms with E-state index in [1.165, 1.54) is 4.57 Å². The highest BCUT2D eigenvalue weighted by molar-refractivity contribution is 5.83. The van der Waals surface area contributed by atoms with Gasteiger partial charge in [0.15, 0.2) is 0 Å². The van der Waals surface area contributed by atoms with Crippen molar-refractivity contribution in [2.45, 2.75) is 84.5 Å². The lowest BCUT2D eigenvalue weighted by Crippen LogP contribution is -2.46. The Labute approximate surface area is 247 Å². The van der Waals surface area contributed by atoms with Crippen LogP contribution in [0.2, 0.25) is 0 Å². The van der Waals surface area contributed by atoms with Crippen molar-refractivity contribution in [1.82, 2.24) is 19.8 Å². The number of likely N-dealkylation sites (tertiary alicyclic amines) is 1. The quantitative estimate of drug-likeness (QED) is 0.374. The Kier molecular flexibility index (Phi) is 9.75. The first kappa shape index (κ1) is 30.9. The van der Waals surface area contributed by atoms with Gasteiger partial charge >= 0.3 is 6.09 Å². The molecule has 1 unspecified atom stereocenters. The molecule has 0 bridgehead atoms. The molecule has 4 rings (SSSR count). The third-order valence-electron chi connectivity index (χ3n) is 6.98. The van der Waals surface area contributed by atoms with Crippen molar-refractivity contribution in [2.24, 2.45) is 0 Å². The number of methoxy groups -OCH3 is 1. The lowest BCUT2D eigenvalue weighted by molar-refractivity contribution is -0.122. The summed E-state index contributed by atoms with van der Waals surface area (Å²) in [6.45, 7) is 10.2. The standard InChI is InChI=1S/C32H42N4O6/c1-21(2)33-28(37)20-36-29(22-10-9-12-24(18-22)40-6)34-27-14-13-25(19-26(27)30(36)38)41-17-15-23-11-7-8-16-35(23)31(39)42-32(3,4)5/h9-10,12-14,18-19,21,23H,7-8,11,15-17,20H2,1-6H3,(H,33,37). The zero-order chi connectivity index (χ0) is 30.4. The van der Waals surface area contributed by atoms with Gasteiger partial charge in [0.2, 0.25) is 5.91 Å². The summed E-state index contributed by atoms with van der Waals surface area (Å²) in [5, 5.41) is 3.20. The number of hydrogen-bond donors (Lipinski definition) is 1. The van der Waals surface area contributed by atoms with Crippen LogP contribution in [0.3, 0.4) is 0 Å². The molecule has 42 heavy (non-hydrogen) atoms. The fourth-order valence-electron chi connectivity index (χ4n) is 5.10. The molecule has 3 aromatic rings. The Morgan fingerprint density at radius 1 is 1.10 bits per heavy atom. The summed E-state index contributed by atoms with van der Waals surface area (Å²) >= 11 is 0. The summed E-state index contributed by atoms with van der Waals surface area (Å²) in [4.78, 5) is 45.9. The lowest BCUT2D eigenvalue weighted by Gasteiger charge is -2.36. The van der Waals surface area contributed by atoms with Crippen LogP contribution in [0.15, 0.2) is 47.3 Å². The number of nitrogens with one attached hydrogen (secondary N) is 1. The van der Waals surface area contributed by atoms with E-state index >= 15 is 0 Å². The van der Waals surface area contributed by atoms with Crippen molar-refractivity contribution >= 4 is 22.9 Å². The van der Waals surface area contributed by atoms with E-state index in [-0.39, 0.29) is 36.2 Å². The number of nitrogens with zero attached hydrogens (tertiary/aromatic N) is 3. The Morgan fingerprint density at radius 3 is 2.60 bits per heavy atom. The number of amides is 2. The highest BCUT2D eigenvalue weighted by Crippen LogP contribution is 2.26. The fourth-order valence-corrected chi connectivity index (χ4v) is 5.10. The maximum absolute atomic E-state index is 13.8. The molecule has 10 nitrogen and oxygen atoms in total. The number of carbonyl (C=O) groups excluding carboxylic acids is 2. The largest absolute Gasteiger partial charge is 0.497 e. The molecule has 1 N–H and O–H groups in total. The normalized spacial score (nSPS) is 15.5. The van der Waals surface area contributed by atoms with Gasteiger partial charge in [0.1, 0.15) is 29.5 Å². The second-order valence-corrected chi connectivity index (χ2v) is 11.9. The molecule has 2 aromatic carbocycles. The van der Waals surface area contributed by atoms with E-state index in [0.717, 1.165) is 19.3 Å². The third-order valence-corrected chi connectivity index (χ3v) is 6.98. The number of aromatic nitrogens is 2. The van der Waals surface area contributed by atoms with Crippen molar-refractivity contribution in [1.29, 1.82) is 0 Å². The van der Waals surface area contributed by atoms with E-state index in [1.54, 1.807) is 31.4 Å². The molecule has 2 amide bonds. The minimum atomic E-state index is -0.552. The predicted molar refractivity (Wildman–Crippen MR) is 162 cm³/mol. The molecule has 0 aliphatic carbocycles. The highest BCUT2D eigenvalue weighted by atomic mass is 16.6. The van der Waals surface area contributed by atoms with E-state index in [4.69, 9.17) is 19.2 Å². The number of ether oxygens (including phenoxy) is 3. The van der Waals surface area contributed by atoms with Crippen LogP contribution in [-0.2, 0) is 16.1 Å². The molecule has 1 saturated heterocycles. The first-order valence-corrected chi connectivity index (χ1v) is 14.6. The fraction of sp³-hybridized carbons (Fsp3) is 0.500. The monoisotopic (exact) mass is 578 g/mol. The zero-order valence-corrected chi connectivity index (χ0v) is 25.4. The number of hydrogen-bond acceptors (Lipinski definition) is 7. The van der Waals surface area contributed by atoms with Gasteiger partial charge in [0, 0.05) is 30.6 Å². The summed E-state index contributed by atoms with van der Waals surface area (Å²) in [6, 6.07) is 12.4. The minimum Gasteiger partial charge on any atom is -0.497 e. The van der Waals surface area contributed by atoms with Crippen LogP contribution >= 0.6 is 0 Å². The molecule has 1 atom stereocenters. The van der Waals surface area contributed by atoms with E-state index < -0.39 is 5.60 Å². The number of benzene rings is 2. The number of rotatable bonds is 9. The Balaban J connectivity index is 1.58. The summed E-state index contributed by atoms with van der Waals surface area (Å²) in [5.74, 6) is 1.23. The molecule has 10 heteroatoms. The predicted octanol–water partition coefficient (Wildman–Crippen LogP) is 5.16. The minimum absolute atomic E-state index is 0.0258. The van der Waals surface area contributed by atoms with Gasteiger partial charge in [0.25, 0.3) is 5.56 Å². The molecular formula is C32H42N4O6. The van der Waals surface area contributed by atoms with Gasteiger partial charge in [-0.2, -0.15) is 0 Å². The molecule has 1 aromatic heterocycles. The summed E-state index contributed by atoms with van der Waals surface area (Å²) in [7, 11) is 1.57. The summed E-state index contributed by atoms with van der Waals surface area (Å²) in [6.07, 6.45) is 3.24. The molecule has 2 heterocycles. The van der Waals surface area contributed by atoms with Gasteiger partial charge in [-0.1, -0.05) is 12.1 Å². The van der Waals surface area contributed by atoms with E-state index in [1.807, 2.05) is 57.7 Å². The first-order chi connectivity index (χ1) is 19.9. The average Bonchev–Trinajstić information content (AvgIpc) is 2.93. The van der Waals surface area contributed by atoms with Crippen molar-refractivity contribution in [3.05, 3.63) is 52.8 Å². The zero-order valence-electron chi connectivity index (χ0n) is 25.4. The van der Waals surface area contributed by atoms with Gasteiger partial charge in [0.05, 0.1) is 24.6 Å². The maximum atomic E-state index is 13.8. The molecule has 1 aliphatic rings. The smallest absolute Gasteiger partial charge is 0.410 e. The van der Waals surface area contributed by atoms with Crippen LogP contribution in [-0.4, -0.2) is 64.4 Å². The van der Waals surface area contributed by atoms with Gasteiger partial charge in [-0.05, 0) is 84.2 Å². The number of fused-ring (bicyclic) bond motifs is 1. The molecule has 1 fully saturated rings. The van der Waals surface area contributed by atoms with Crippen LogP contribution in [0.4, 0.5) is 4.79 Å². The van der Waals surface area contributed by atoms with Crippen molar-refractivity contribution in [3.63, 3.8) is 0 Å². The van der Waals surface area contributed by atoms with Crippen LogP contribution in [0.5, 0.6) is 11.5 Å². The van der Waals surface area contributed by atoms with Crippen LogP contribution < -0.4 is 20.3 Å². The Bertz CT molecular complexity index is 1480. The molecule has 0 radical (unpaired) electrons. The maximum Gasteiger partial charge on any atom is 0.410 e. The lowest BCUT2D eigenvalue weighted by atomic mass is 10.0. The Morgan fingerprint density at radius 2 is 1.88 bits per heavy atom. The van der Waals surface area contributed by atoms with Gasteiger partial charge in [-0.15, -0.1) is 0 Å². The molecule has 0 spiro atoms. The number of carbonyl (C=O) groups is 2. The Hall–Kier alpha value is -4.08. The summed E-state index contributed by atoms with van der Waals surface area (Å²) < 4.78 is 18.4. The van der Waals surface area contributed by atoms with Crippen LogP contribution in [0.1, 0.15) is 60.3 Å². The third kappa shape index (κ3) is 7.80. The van der Waals surface area contributed by atoms with E-state index in [0.29, 0.717) is 53.4 Å². The van der Waals surface area contributed by atoms with Crippen LogP contribution in [0, 0.1) is 0 Å². The van der Waals surface area contributed by atoms with Gasteiger partial charge in [-0.3, -0.25) is 14.2 Å². The van der Waals surface area contributed by atoms with Crippen LogP contribution in [0.25, 0.3) is 22.3 Å². The second kappa shape index (κ2) is 13.3. The van der Waals surface area contributed by atoms with Crippen molar-refractivity contribution in [2.75, 3.05) is 20.3 Å². The summed E-state index contributed by atoms with van der Waals surface area (Å²) in [5.41, 5.74) is 0.261. The SMILES string of the molecule is COc1cccc(-c2nc3ccc(OCCC4CCCCN4C(=O)OC(C)(C)C)cc3c(=O)n2CC(=O)NC(C)C)c1. The molecule has 0 saturated carbocycles. The second-order valence-electron chi connectivity index (χ2n) is 11.9. The highest BCUT2D eigenvalue weighted by Gasteiger charge is 2.30. The van der Waals surface area contributed by atoms with Crippen molar-refractivity contribution < 1.29 is 23.8 Å². The van der Waals surface area contributed by atoms with Crippen molar-refractivity contribution in [3.8, 4) is 22.9 Å². The molecular weight excluding hydrogens is 536 g/mol. The molecule has 1 aliphatic heterocycles. The van der Waals surface area contributed by atoms with Gasteiger partial charge < -0.3 is 24.4 Å². The first-order valence-electron chi connectivity index (χ1n) is 14.6. The average molecular weight is 579 g/mol. The van der Waals surface area contributed by atoms with E-state index in [2.05, 4.69) is 5.32 Å². The van der Waals surface area contributed by atoms with Gasteiger partial charge in [-0.25, -0.2) is 9.78 Å². The topological polar surface area (TPSA) is 112 Å². The molecule has 226 valence electrons.